The van der Waals surface area contributed by atoms with E-state index in [9.17, 15) is 18.0 Å². The minimum atomic E-state index is -4.65. The van der Waals surface area contributed by atoms with Gasteiger partial charge < -0.3 is 35.5 Å². The summed E-state index contributed by atoms with van der Waals surface area (Å²) >= 11 is 0. The Kier molecular flexibility index (Phi) is 7.86. The molecule has 0 saturated carbocycles. The molecule has 4 N–H and O–H groups in total. The first kappa shape index (κ1) is 27.7. The van der Waals surface area contributed by atoms with Gasteiger partial charge in [-0.2, -0.15) is 13.2 Å². The van der Waals surface area contributed by atoms with Crippen molar-refractivity contribution in [1.29, 1.82) is 0 Å². The van der Waals surface area contributed by atoms with Crippen LogP contribution in [0.25, 0.3) is 10.9 Å². The van der Waals surface area contributed by atoms with Gasteiger partial charge in [0.2, 0.25) is 0 Å². The largest absolute Gasteiger partial charge is 0.486 e. The molecule has 2 saturated heterocycles. The molecule has 214 valence electrons. The summed E-state index contributed by atoms with van der Waals surface area (Å²) in [6, 6.07) is 6.27. The van der Waals surface area contributed by atoms with Gasteiger partial charge in [0, 0.05) is 38.0 Å². The van der Waals surface area contributed by atoms with Crippen molar-refractivity contribution in [1.82, 2.24) is 15.3 Å². The predicted molar refractivity (Wildman–Crippen MR) is 143 cm³/mol. The molecule has 0 spiro atoms. The van der Waals surface area contributed by atoms with Gasteiger partial charge >= 0.3 is 12.3 Å². The monoisotopic (exact) mass is 560 g/mol. The van der Waals surface area contributed by atoms with Gasteiger partial charge in [-0.1, -0.05) is 0 Å². The van der Waals surface area contributed by atoms with Gasteiger partial charge in [-0.25, -0.2) is 14.8 Å². The molecule has 0 radical (unpaired) electrons. The van der Waals surface area contributed by atoms with Crippen molar-refractivity contribution < 1.29 is 32.2 Å². The summed E-state index contributed by atoms with van der Waals surface area (Å²) in [4.78, 5) is 22.7. The Morgan fingerprint density at radius 3 is 2.65 bits per heavy atom. The van der Waals surface area contributed by atoms with Crippen molar-refractivity contribution in [3.05, 3.63) is 47.3 Å². The van der Waals surface area contributed by atoms with Crippen molar-refractivity contribution in [3.8, 4) is 11.5 Å². The van der Waals surface area contributed by atoms with Crippen LogP contribution < -0.4 is 30.7 Å². The van der Waals surface area contributed by atoms with E-state index >= 15 is 0 Å². The minimum absolute atomic E-state index is 0.0883. The fraction of sp³-hybridized carbons (Fsp3) is 0.444. The summed E-state index contributed by atoms with van der Waals surface area (Å²) in [5, 5.41) is 7.24. The maximum absolute atomic E-state index is 13.6. The van der Waals surface area contributed by atoms with Crippen molar-refractivity contribution in [2.45, 2.75) is 38.6 Å². The Hall–Kier alpha value is -3.84. The quantitative estimate of drug-likeness (QED) is 0.391. The topological polar surface area (TPSA) is 124 Å². The van der Waals surface area contributed by atoms with Crippen molar-refractivity contribution in [2.24, 2.45) is 5.73 Å². The second-order valence-corrected chi connectivity index (χ2v) is 9.87. The van der Waals surface area contributed by atoms with E-state index in [4.69, 9.17) is 19.9 Å². The van der Waals surface area contributed by atoms with Crippen LogP contribution in [0.2, 0.25) is 0 Å². The number of primary amides is 1. The Bertz CT molecular complexity index is 1390. The van der Waals surface area contributed by atoms with E-state index in [-0.39, 0.29) is 17.4 Å². The summed E-state index contributed by atoms with van der Waals surface area (Å²) in [6.07, 6.45) is -5.17. The highest BCUT2D eigenvalue weighted by Gasteiger charge is 2.32. The number of aromatic nitrogens is 2. The van der Waals surface area contributed by atoms with Gasteiger partial charge in [-0.05, 0) is 49.7 Å². The average Bonchev–Trinajstić information content (AvgIpc) is 3.41. The van der Waals surface area contributed by atoms with Crippen LogP contribution >= 0.6 is 0 Å². The number of carbonyl (C=O) groups is 1. The first-order valence-electron chi connectivity index (χ1n) is 13.1. The molecule has 0 aliphatic carbocycles. The molecule has 1 aromatic heterocycles. The van der Waals surface area contributed by atoms with Crippen LogP contribution in [-0.2, 0) is 10.9 Å². The molecule has 13 heteroatoms. The molecule has 1 amide bonds. The number of carbonyl (C=O) groups excluding carboxylic acids is 1. The Morgan fingerprint density at radius 1 is 1.20 bits per heavy atom. The Balaban J connectivity index is 1.54. The molecule has 0 bridgehead atoms. The highest BCUT2D eigenvalue weighted by Crippen LogP contribution is 2.39. The van der Waals surface area contributed by atoms with E-state index in [1.807, 2.05) is 12.1 Å². The van der Waals surface area contributed by atoms with Crippen LogP contribution in [0, 0.1) is 6.92 Å². The van der Waals surface area contributed by atoms with Gasteiger partial charge in [0.25, 0.3) is 0 Å². The molecule has 2 fully saturated rings. The number of nitrogens with one attached hydrogen (secondary N) is 2. The lowest BCUT2D eigenvalue weighted by atomic mass is 10.0. The molecule has 2 aromatic carbocycles. The second kappa shape index (κ2) is 11.3. The third-order valence-electron chi connectivity index (χ3n) is 6.86. The second-order valence-electron chi connectivity index (χ2n) is 9.87. The van der Waals surface area contributed by atoms with Gasteiger partial charge in [0.1, 0.15) is 29.2 Å². The number of ether oxygens (including phenoxy) is 3. The molecule has 2 aliphatic heterocycles. The molecule has 2 aliphatic rings. The van der Waals surface area contributed by atoms with Gasteiger partial charge in [0.15, 0.2) is 0 Å². The first-order valence-corrected chi connectivity index (χ1v) is 13.1. The van der Waals surface area contributed by atoms with E-state index < -0.39 is 23.9 Å². The number of anilines is 2. The number of hydrogen-bond acceptors (Lipinski definition) is 9. The standard InChI is InChI=1S/C27H31F3N6O4/c1-15(17-9-18(27(28,29)30)11-20(10-17)40-26(31)37)33-25-21-12-24(39-19-3-8-38-14-19)23(36-6-4-32-5-7-36)13-22(21)34-16(2)35-25/h9-13,15,19,32H,3-8,14H2,1-2H3,(H2,31,37)(H,33,34,35)/t15-,19+/m1/s1. The van der Waals surface area contributed by atoms with E-state index in [1.165, 1.54) is 6.07 Å². The van der Waals surface area contributed by atoms with Crippen LogP contribution in [0.3, 0.4) is 0 Å². The smallest absolute Gasteiger partial charge is 0.416 e. The number of hydrogen-bond donors (Lipinski definition) is 3. The van der Waals surface area contributed by atoms with Crippen LogP contribution in [0.15, 0.2) is 30.3 Å². The zero-order valence-corrected chi connectivity index (χ0v) is 22.2. The zero-order chi connectivity index (χ0) is 28.4. The lowest BCUT2D eigenvalue weighted by Crippen LogP contribution is -2.43. The number of fused-ring (bicyclic) bond motifs is 1. The molecule has 3 heterocycles. The number of alkyl halides is 3. The molecular formula is C27H31F3N6O4. The van der Waals surface area contributed by atoms with Crippen LogP contribution in [0.4, 0.5) is 29.5 Å². The third-order valence-corrected chi connectivity index (χ3v) is 6.86. The predicted octanol–water partition coefficient (Wildman–Crippen LogP) is 4.16. The number of rotatable bonds is 7. The zero-order valence-electron chi connectivity index (χ0n) is 22.2. The average molecular weight is 561 g/mol. The number of benzene rings is 2. The Labute approximate surface area is 229 Å². The maximum Gasteiger partial charge on any atom is 0.416 e. The number of aryl methyl sites for hydroxylation is 1. The Morgan fingerprint density at radius 2 is 1.98 bits per heavy atom. The van der Waals surface area contributed by atoms with Gasteiger partial charge in [-0.3, -0.25) is 0 Å². The minimum Gasteiger partial charge on any atom is -0.486 e. The van der Waals surface area contributed by atoms with Crippen LogP contribution in [-0.4, -0.2) is 61.6 Å². The SMILES string of the molecule is Cc1nc(N[C@H](C)c2cc(OC(N)=O)cc(C(F)(F)F)c2)c2cc(O[C@H]3CCOC3)c(N3CCNCC3)cc2n1. The normalized spacial score (nSPS) is 18.5. The number of halogens is 3. The highest BCUT2D eigenvalue weighted by atomic mass is 19.4. The maximum atomic E-state index is 13.6. The molecule has 0 unspecified atom stereocenters. The summed E-state index contributed by atoms with van der Waals surface area (Å²) in [6.45, 7) is 7.87. The highest BCUT2D eigenvalue weighted by molar-refractivity contribution is 5.94. The van der Waals surface area contributed by atoms with Crippen LogP contribution in [0.1, 0.15) is 36.3 Å². The summed E-state index contributed by atoms with van der Waals surface area (Å²) in [5.41, 5.74) is 5.91. The fourth-order valence-electron chi connectivity index (χ4n) is 4.90. The fourth-order valence-corrected chi connectivity index (χ4v) is 4.90. The number of nitrogens with zero attached hydrogens (tertiary/aromatic N) is 3. The summed E-state index contributed by atoms with van der Waals surface area (Å²) in [7, 11) is 0. The van der Waals surface area contributed by atoms with Crippen molar-refractivity contribution in [3.63, 3.8) is 0 Å². The molecule has 5 rings (SSSR count). The lowest BCUT2D eigenvalue weighted by molar-refractivity contribution is -0.137. The molecule has 10 nitrogen and oxygen atoms in total. The molecule has 2 atom stereocenters. The van der Waals surface area contributed by atoms with E-state index in [2.05, 4.69) is 25.5 Å². The molecule has 3 aromatic rings. The summed E-state index contributed by atoms with van der Waals surface area (Å²) < 4.78 is 57.5. The van der Waals surface area contributed by atoms with Gasteiger partial charge in [-0.15, -0.1) is 0 Å². The third kappa shape index (κ3) is 6.31. The van der Waals surface area contributed by atoms with Crippen molar-refractivity contribution in [2.75, 3.05) is 49.6 Å². The molecule has 40 heavy (non-hydrogen) atoms. The van der Waals surface area contributed by atoms with E-state index in [0.29, 0.717) is 41.5 Å². The number of amides is 1. The number of nitrogens with two attached hydrogens (primary N) is 1. The lowest BCUT2D eigenvalue weighted by Gasteiger charge is -2.31. The number of piperazine rings is 1. The molecular weight excluding hydrogens is 529 g/mol. The van der Waals surface area contributed by atoms with Crippen molar-refractivity contribution >= 4 is 28.5 Å². The summed E-state index contributed by atoms with van der Waals surface area (Å²) in [5.74, 6) is 1.30. The van der Waals surface area contributed by atoms with Crippen LogP contribution in [0.5, 0.6) is 11.5 Å². The van der Waals surface area contributed by atoms with Gasteiger partial charge in [0.05, 0.1) is 36.0 Å². The van der Waals surface area contributed by atoms with E-state index in [0.717, 1.165) is 50.4 Å². The van der Waals surface area contributed by atoms with E-state index in [1.54, 1.807) is 13.8 Å². The first-order chi connectivity index (χ1) is 19.1.